The van der Waals surface area contributed by atoms with E-state index in [-0.39, 0.29) is 27.9 Å². The molecule has 0 saturated carbocycles. The molecule has 3 aromatic rings. The monoisotopic (exact) mass is 512 g/mol. The second kappa shape index (κ2) is 10.2. The summed E-state index contributed by atoms with van der Waals surface area (Å²) in [4.78, 5) is 26.9. The molecule has 10 heteroatoms. The molecular formula is C25H18Cl2N2O6. The zero-order valence-corrected chi connectivity index (χ0v) is 20.1. The van der Waals surface area contributed by atoms with E-state index >= 15 is 0 Å². The fraction of sp³-hybridized carbons (Fsp3) is 0.120. The number of aryl methyl sites for hydroxylation is 1. The van der Waals surface area contributed by atoms with Crippen LogP contribution in [0.1, 0.15) is 22.3 Å². The molecule has 0 aromatic heterocycles. The molecule has 0 N–H and O–H groups in total. The Morgan fingerprint density at radius 1 is 1.11 bits per heavy atom. The Balaban J connectivity index is 1.61. The largest absolute Gasteiger partial charge is 0.493 e. The van der Waals surface area contributed by atoms with Crippen molar-refractivity contribution >= 4 is 46.8 Å². The van der Waals surface area contributed by atoms with E-state index in [1.807, 2.05) is 31.2 Å². The first-order chi connectivity index (χ1) is 16.8. The minimum Gasteiger partial charge on any atom is -0.493 e. The van der Waals surface area contributed by atoms with Crippen LogP contribution < -0.4 is 9.47 Å². The highest BCUT2D eigenvalue weighted by molar-refractivity contribution is 6.35. The molecule has 0 bridgehead atoms. The third-order valence-electron chi connectivity index (χ3n) is 5.20. The van der Waals surface area contributed by atoms with Gasteiger partial charge in [0.05, 0.1) is 27.6 Å². The lowest BCUT2D eigenvalue weighted by molar-refractivity contribution is -0.384. The van der Waals surface area contributed by atoms with E-state index < -0.39 is 10.9 Å². The van der Waals surface area contributed by atoms with Crippen LogP contribution in [0.5, 0.6) is 11.5 Å². The fourth-order valence-electron chi connectivity index (χ4n) is 3.36. The highest BCUT2D eigenvalue weighted by atomic mass is 35.5. The molecular weight excluding hydrogens is 495 g/mol. The van der Waals surface area contributed by atoms with Crippen LogP contribution >= 0.6 is 23.2 Å². The Labute approximate surface area is 210 Å². The van der Waals surface area contributed by atoms with E-state index in [0.29, 0.717) is 28.7 Å². The lowest BCUT2D eigenvalue weighted by Crippen LogP contribution is -2.06. The zero-order chi connectivity index (χ0) is 25.1. The molecule has 3 aromatic carbocycles. The van der Waals surface area contributed by atoms with Crippen molar-refractivity contribution in [1.82, 2.24) is 0 Å². The van der Waals surface area contributed by atoms with Crippen LogP contribution in [-0.4, -0.2) is 23.9 Å². The summed E-state index contributed by atoms with van der Waals surface area (Å²) in [6.07, 6.45) is 1.48. The minimum atomic E-state index is -0.704. The number of benzene rings is 3. The van der Waals surface area contributed by atoms with Crippen LogP contribution in [0.3, 0.4) is 0 Å². The van der Waals surface area contributed by atoms with Gasteiger partial charge in [-0.2, -0.15) is 0 Å². The van der Waals surface area contributed by atoms with Crippen molar-refractivity contribution in [3.63, 3.8) is 0 Å². The van der Waals surface area contributed by atoms with Crippen molar-refractivity contribution in [3.05, 3.63) is 103 Å². The van der Waals surface area contributed by atoms with Gasteiger partial charge in [-0.1, -0.05) is 47.5 Å². The molecule has 4 rings (SSSR count). The van der Waals surface area contributed by atoms with E-state index in [1.54, 1.807) is 12.1 Å². The van der Waals surface area contributed by atoms with Gasteiger partial charge in [0, 0.05) is 12.1 Å². The molecule has 1 aliphatic rings. The van der Waals surface area contributed by atoms with Gasteiger partial charge in [0.1, 0.15) is 6.61 Å². The number of nitro groups is 1. The Kier molecular flexibility index (Phi) is 7.04. The molecule has 0 radical (unpaired) electrons. The van der Waals surface area contributed by atoms with Crippen molar-refractivity contribution in [2.24, 2.45) is 4.99 Å². The van der Waals surface area contributed by atoms with Crippen molar-refractivity contribution < 1.29 is 23.9 Å². The van der Waals surface area contributed by atoms with Gasteiger partial charge >= 0.3 is 5.97 Å². The van der Waals surface area contributed by atoms with Gasteiger partial charge in [0.15, 0.2) is 17.2 Å². The van der Waals surface area contributed by atoms with Crippen LogP contribution in [0.4, 0.5) is 5.69 Å². The van der Waals surface area contributed by atoms with Crippen molar-refractivity contribution in [3.8, 4) is 11.5 Å². The first kappa shape index (κ1) is 24.3. The number of aliphatic imine (C=N–C) groups is 1. The average molecular weight is 513 g/mol. The van der Waals surface area contributed by atoms with Crippen LogP contribution in [0, 0.1) is 17.0 Å². The number of rotatable bonds is 7. The molecule has 1 aliphatic heterocycles. The number of non-ortho nitro benzene ring substituents is 1. The summed E-state index contributed by atoms with van der Waals surface area (Å²) in [5.41, 5.74) is 2.70. The summed E-state index contributed by atoms with van der Waals surface area (Å²) in [5, 5.41) is 11.2. The van der Waals surface area contributed by atoms with Gasteiger partial charge in [-0.3, -0.25) is 10.1 Å². The van der Waals surface area contributed by atoms with Crippen LogP contribution in [-0.2, 0) is 16.1 Å². The molecule has 35 heavy (non-hydrogen) atoms. The van der Waals surface area contributed by atoms with E-state index in [2.05, 4.69) is 4.99 Å². The Morgan fingerprint density at radius 2 is 1.89 bits per heavy atom. The van der Waals surface area contributed by atoms with E-state index in [4.69, 9.17) is 37.4 Å². The lowest BCUT2D eigenvalue weighted by atomic mass is 10.1. The topological polar surface area (TPSA) is 100 Å². The number of carbonyl (C=O) groups is 1. The highest BCUT2D eigenvalue weighted by Crippen LogP contribution is 2.38. The van der Waals surface area contributed by atoms with Gasteiger partial charge in [0.25, 0.3) is 5.69 Å². The summed E-state index contributed by atoms with van der Waals surface area (Å²) >= 11 is 12.6. The zero-order valence-electron chi connectivity index (χ0n) is 18.6. The number of carbonyl (C=O) groups excluding carboxylic acids is 1. The summed E-state index contributed by atoms with van der Waals surface area (Å²) < 4.78 is 16.6. The number of hydrogen-bond acceptors (Lipinski definition) is 7. The average Bonchev–Trinajstić information content (AvgIpc) is 3.18. The van der Waals surface area contributed by atoms with Crippen molar-refractivity contribution in [1.29, 1.82) is 0 Å². The molecule has 178 valence electrons. The third-order valence-corrected chi connectivity index (χ3v) is 5.80. The Hall–Kier alpha value is -3.88. The van der Waals surface area contributed by atoms with Crippen LogP contribution in [0.25, 0.3) is 6.08 Å². The van der Waals surface area contributed by atoms with Crippen LogP contribution in [0.15, 0.2) is 65.3 Å². The minimum absolute atomic E-state index is 0.00104. The quantitative estimate of drug-likeness (QED) is 0.163. The summed E-state index contributed by atoms with van der Waals surface area (Å²) in [6.45, 7) is 2.30. The molecule has 0 amide bonds. The molecule has 0 unspecified atom stereocenters. The number of ether oxygens (including phenoxy) is 3. The number of hydrogen-bond donors (Lipinski definition) is 0. The molecule has 8 nitrogen and oxygen atoms in total. The van der Waals surface area contributed by atoms with E-state index in [9.17, 15) is 14.9 Å². The van der Waals surface area contributed by atoms with Gasteiger partial charge < -0.3 is 14.2 Å². The normalized spacial score (nSPS) is 14.0. The summed E-state index contributed by atoms with van der Waals surface area (Å²) in [7, 11) is 1.49. The van der Waals surface area contributed by atoms with Gasteiger partial charge in [-0.25, -0.2) is 9.79 Å². The lowest BCUT2D eigenvalue weighted by Gasteiger charge is -2.14. The maximum Gasteiger partial charge on any atom is 0.363 e. The maximum absolute atomic E-state index is 12.4. The fourth-order valence-corrected chi connectivity index (χ4v) is 3.89. The van der Waals surface area contributed by atoms with Crippen molar-refractivity contribution in [2.75, 3.05) is 7.11 Å². The molecule has 0 fully saturated rings. The molecule has 0 atom stereocenters. The highest BCUT2D eigenvalue weighted by Gasteiger charge is 2.27. The first-order valence-corrected chi connectivity index (χ1v) is 11.0. The maximum atomic E-state index is 12.4. The Morgan fingerprint density at radius 3 is 2.57 bits per heavy atom. The molecule has 1 heterocycles. The Bertz CT molecular complexity index is 1400. The van der Waals surface area contributed by atoms with E-state index in [0.717, 1.165) is 17.2 Å². The number of nitrogens with zero attached hydrogens (tertiary/aromatic N) is 2. The second-order valence-electron chi connectivity index (χ2n) is 7.51. The number of halogens is 2. The predicted octanol–water partition coefficient (Wildman–Crippen LogP) is 6.14. The molecule has 0 aliphatic carbocycles. The van der Waals surface area contributed by atoms with Crippen molar-refractivity contribution in [2.45, 2.75) is 13.5 Å². The van der Waals surface area contributed by atoms with E-state index in [1.165, 1.54) is 25.3 Å². The number of nitro benzene ring substituents is 1. The SMILES string of the molecule is COc1cc(/C=C2\N=C(c3ccc([N+](=O)[O-])cc3Cl)OC2=O)cc(Cl)c1OCc1ccccc1C. The smallest absolute Gasteiger partial charge is 0.363 e. The first-order valence-electron chi connectivity index (χ1n) is 10.3. The van der Waals surface area contributed by atoms with Crippen LogP contribution in [0.2, 0.25) is 10.0 Å². The number of methoxy groups -OCH3 is 1. The molecule has 0 spiro atoms. The van der Waals surface area contributed by atoms with Gasteiger partial charge in [-0.05, 0) is 47.9 Å². The standard InChI is InChI=1S/C25H18Cl2N2O6/c1-14-5-3-4-6-16(14)13-34-23-20(27)9-15(11-22(23)33-2)10-21-25(30)35-24(28-21)18-8-7-17(29(31)32)12-19(18)26/h3-12H,13H2,1-2H3/b21-10-. The van der Waals surface area contributed by atoms with Gasteiger partial charge in [0.2, 0.25) is 5.90 Å². The van der Waals surface area contributed by atoms with Gasteiger partial charge in [-0.15, -0.1) is 0 Å². The number of esters is 1. The summed E-state index contributed by atoms with van der Waals surface area (Å²) in [5.74, 6) is -0.0101. The number of cyclic esters (lactones) is 1. The predicted molar refractivity (Wildman–Crippen MR) is 132 cm³/mol. The summed E-state index contributed by atoms with van der Waals surface area (Å²) in [6, 6.07) is 14.9. The molecule has 0 saturated heterocycles. The second-order valence-corrected chi connectivity index (χ2v) is 8.32. The third kappa shape index (κ3) is 5.29.